The molecule has 1 amide bonds. The number of aromatic hydroxyl groups is 1. The molecule has 0 unspecified atom stereocenters. The van der Waals surface area contributed by atoms with E-state index in [2.05, 4.69) is 26.1 Å². The van der Waals surface area contributed by atoms with Crippen molar-refractivity contribution in [3.63, 3.8) is 0 Å². The van der Waals surface area contributed by atoms with Gasteiger partial charge in [-0.1, -0.05) is 76.4 Å². The molecule has 2 aromatic rings. The van der Waals surface area contributed by atoms with Crippen molar-refractivity contribution in [2.45, 2.75) is 59.3 Å². The quantitative estimate of drug-likeness (QED) is 0.616. The van der Waals surface area contributed by atoms with Crippen molar-refractivity contribution in [3.05, 3.63) is 42.0 Å². The molecular weight excluding hydrogens is 310 g/mol. The SMILES string of the molecule is CCCCCCC(=O)NCC(C)(C)Cc1ccc2ccccc2c1O. The second-order valence-corrected chi connectivity index (χ2v) is 7.72. The molecule has 0 fully saturated rings. The summed E-state index contributed by atoms with van der Waals surface area (Å²) in [5.41, 5.74) is 0.819. The van der Waals surface area contributed by atoms with E-state index in [-0.39, 0.29) is 11.3 Å². The van der Waals surface area contributed by atoms with Crippen LogP contribution in [0, 0.1) is 5.41 Å². The summed E-state index contributed by atoms with van der Waals surface area (Å²) in [6.45, 7) is 7.04. The van der Waals surface area contributed by atoms with Crippen molar-refractivity contribution in [3.8, 4) is 5.75 Å². The number of phenolic OH excluding ortho intramolecular Hbond substituents is 1. The first-order valence-electron chi connectivity index (χ1n) is 9.39. The second kappa shape index (κ2) is 8.89. The molecular formula is C22H31NO2. The number of unbranched alkanes of at least 4 members (excludes halogenated alkanes) is 3. The maximum atomic E-state index is 12.0. The van der Waals surface area contributed by atoms with Crippen LogP contribution in [0.1, 0.15) is 58.4 Å². The molecule has 0 aromatic heterocycles. The summed E-state index contributed by atoms with van der Waals surface area (Å²) >= 11 is 0. The number of carbonyl (C=O) groups is 1. The van der Waals surface area contributed by atoms with Crippen LogP contribution in [-0.4, -0.2) is 17.6 Å². The average molecular weight is 341 g/mol. The molecule has 2 N–H and O–H groups in total. The smallest absolute Gasteiger partial charge is 0.220 e. The van der Waals surface area contributed by atoms with Crippen molar-refractivity contribution in [2.75, 3.05) is 6.54 Å². The lowest BCUT2D eigenvalue weighted by atomic mass is 9.84. The van der Waals surface area contributed by atoms with Gasteiger partial charge in [-0.15, -0.1) is 0 Å². The summed E-state index contributed by atoms with van der Waals surface area (Å²) in [6.07, 6.45) is 5.80. The highest BCUT2D eigenvalue weighted by atomic mass is 16.3. The number of hydrogen-bond acceptors (Lipinski definition) is 2. The third-order valence-electron chi connectivity index (χ3n) is 4.67. The van der Waals surface area contributed by atoms with E-state index < -0.39 is 0 Å². The number of benzene rings is 2. The Hall–Kier alpha value is -2.03. The summed E-state index contributed by atoms with van der Waals surface area (Å²) in [4.78, 5) is 12.0. The van der Waals surface area contributed by atoms with E-state index in [0.717, 1.165) is 35.6 Å². The third kappa shape index (κ3) is 5.77. The molecule has 0 saturated heterocycles. The van der Waals surface area contributed by atoms with Crippen molar-refractivity contribution < 1.29 is 9.90 Å². The van der Waals surface area contributed by atoms with Gasteiger partial charge in [0.25, 0.3) is 0 Å². The van der Waals surface area contributed by atoms with Gasteiger partial charge in [-0.25, -0.2) is 0 Å². The largest absolute Gasteiger partial charge is 0.507 e. The molecule has 0 atom stereocenters. The van der Waals surface area contributed by atoms with E-state index in [9.17, 15) is 9.90 Å². The molecule has 0 spiro atoms. The molecule has 2 aromatic carbocycles. The van der Waals surface area contributed by atoms with E-state index in [1.165, 1.54) is 12.8 Å². The fourth-order valence-electron chi connectivity index (χ4n) is 3.16. The zero-order valence-corrected chi connectivity index (χ0v) is 15.8. The summed E-state index contributed by atoms with van der Waals surface area (Å²) < 4.78 is 0. The van der Waals surface area contributed by atoms with Crippen LogP contribution in [0.4, 0.5) is 0 Å². The molecule has 0 heterocycles. The van der Waals surface area contributed by atoms with Gasteiger partial charge < -0.3 is 10.4 Å². The van der Waals surface area contributed by atoms with E-state index >= 15 is 0 Å². The van der Waals surface area contributed by atoms with Crippen LogP contribution < -0.4 is 5.32 Å². The highest BCUT2D eigenvalue weighted by Gasteiger charge is 2.21. The van der Waals surface area contributed by atoms with Crippen LogP contribution in [0.3, 0.4) is 0 Å². The lowest BCUT2D eigenvalue weighted by Crippen LogP contribution is -2.35. The standard InChI is InChI=1S/C22H31NO2/c1-4-5-6-7-12-20(24)23-16-22(2,3)15-18-14-13-17-10-8-9-11-19(17)21(18)25/h8-11,13-14,25H,4-7,12,15-16H2,1-3H3,(H,23,24). The lowest BCUT2D eigenvalue weighted by Gasteiger charge is -2.26. The minimum atomic E-state index is -0.112. The van der Waals surface area contributed by atoms with Gasteiger partial charge in [0, 0.05) is 18.4 Å². The average Bonchev–Trinajstić information content (AvgIpc) is 2.60. The van der Waals surface area contributed by atoms with Crippen molar-refractivity contribution in [1.29, 1.82) is 0 Å². The fraction of sp³-hybridized carbons (Fsp3) is 0.500. The van der Waals surface area contributed by atoms with E-state index in [4.69, 9.17) is 0 Å². The van der Waals surface area contributed by atoms with Gasteiger partial charge in [0.2, 0.25) is 5.91 Å². The highest BCUT2D eigenvalue weighted by molar-refractivity contribution is 5.89. The molecule has 0 aliphatic heterocycles. The number of phenols is 1. The lowest BCUT2D eigenvalue weighted by molar-refractivity contribution is -0.121. The second-order valence-electron chi connectivity index (χ2n) is 7.72. The Kier molecular flexibility index (Phi) is 6.86. The van der Waals surface area contributed by atoms with Crippen molar-refractivity contribution >= 4 is 16.7 Å². The van der Waals surface area contributed by atoms with Gasteiger partial charge >= 0.3 is 0 Å². The number of fused-ring (bicyclic) bond motifs is 1. The highest BCUT2D eigenvalue weighted by Crippen LogP contribution is 2.33. The van der Waals surface area contributed by atoms with Gasteiger partial charge in [-0.05, 0) is 29.2 Å². The summed E-state index contributed by atoms with van der Waals surface area (Å²) in [7, 11) is 0. The molecule has 0 aliphatic carbocycles. The summed E-state index contributed by atoms with van der Waals surface area (Å²) in [5.74, 6) is 0.490. The van der Waals surface area contributed by atoms with Crippen molar-refractivity contribution in [1.82, 2.24) is 5.32 Å². The van der Waals surface area contributed by atoms with E-state index in [0.29, 0.717) is 18.7 Å². The minimum absolute atomic E-state index is 0.112. The normalized spacial score (nSPS) is 11.6. The topological polar surface area (TPSA) is 49.3 Å². The predicted octanol–water partition coefficient (Wildman–Crippen LogP) is 5.20. The maximum absolute atomic E-state index is 12.0. The Bertz CT molecular complexity index is 706. The van der Waals surface area contributed by atoms with Crippen LogP contribution in [0.2, 0.25) is 0 Å². The molecule has 0 radical (unpaired) electrons. The molecule has 3 heteroatoms. The van der Waals surface area contributed by atoms with Gasteiger partial charge in [-0.3, -0.25) is 4.79 Å². The Morgan fingerprint density at radius 3 is 2.60 bits per heavy atom. The molecule has 0 aliphatic rings. The van der Waals surface area contributed by atoms with Gasteiger partial charge in [0.05, 0.1) is 0 Å². The summed E-state index contributed by atoms with van der Waals surface area (Å²) in [5, 5.41) is 15.6. The van der Waals surface area contributed by atoms with Crippen LogP contribution in [0.15, 0.2) is 36.4 Å². The number of hydrogen-bond donors (Lipinski definition) is 2. The number of rotatable bonds is 9. The van der Waals surface area contributed by atoms with Crippen LogP contribution in [0.5, 0.6) is 5.75 Å². The molecule has 0 saturated carbocycles. The van der Waals surface area contributed by atoms with Gasteiger partial charge in [0.15, 0.2) is 0 Å². The Morgan fingerprint density at radius 2 is 1.84 bits per heavy atom. The zero-order chi connectivity index (χ0) is 18.3. The molecule has 25 heavy (non-hydrogen) atoms. The fourth-order valence-corrected chi connectivity index (χ4v) is 3.16. The van der Waals surface area contributed by atoms with Crippen LogP contribution >= 0.6 is 0 Å². The number of carbonyl (C=O) groups excluding carboxylic acids is 1. The zero-order valence-electron chi connectivity index (χ0n) is 15.8. The van der Waals surface area contributed by atoms with Crippen LogP contribution in [0.25, 0.3) is 10.8 Å². The molecule has 136 valence electrons. The first kappa shape index (κ1) is 19.3. The van der Waals surface area contributed by atoms with E-state index in [1.807, 2.05) is 36.4 Å². The summed E-state index contributed by atoms with van der Waals surface area (Å²) in [6, 6.07) is 11.9. The molecule has 2 rings (SSSR count). The molecule has 0 bridgehead atoms. The van der Waals surface area contributed by atoms with Gasteiger partial charge in [0.1, 0.15) is 5.75 Å². The maximum Gasteiger partial charge on any atom is 0.220 e. The minimum Gasteiger partial charge on any atom is -0.507 e. The first-order chi connectivity index (χ1) is 11.9. The first-order valence-corrected chi connectivity index (χ1v) is 9.39. The predicted molar refractivity (Wildman–Crippen MR) is 105 cm³/mol. The Labute approximate surface area is 151 Å². The Balaban J connectivity index is 1.92. The van der Waals surface area contributed by atoms with Crippen molar-refractivity contribution in [2.24, 2.45) is 5.41 Å². The third-order valence-corrected chi connectivity index (χ3v) is 4.67. The van der Waals surface area contributed by atoms with E-state index in [1.54, 1.807) is 0 Å². The Morgan fingerprint density at radius 1 is 1.08 bits per heavy atom. The molecule has 3 nitrogen and oxygen atoms in total. The monoisotopic (exact) mass is 341 g/mol. The number of nitrogens with one attached hydrogen (secondary N) is 1. The van der Waals surface area contributed by atoms with Crippen LogP contribution in [-0.2, 0) is 11.2 Å². The number of amides is 1. The van der Waals surface area contributed by atoms with Gasteiger partial charge in [-0.2, -0.15) is 0 Å².